The lowest BCUT2D eigenvalue weighted by atomic mass is 10.0. The van der Waals surface area contributed by atoms with E-state index in [1.165, 1.54) is 18.2 Å². The van der Waals surface area contributed by atoms with Gasteiger partial charge in [-0.3, -0.25) is 28.0 Å². The van der Waals surface area contributed by atoms with Crippen molar-refractivity contribution in [3.63, 3.8) is 0 Å². The van der Waals surface area contributed by atoms with Crippen molar-refractivity contribution < 1.29 is 23.6 Å². The number of fused-ring (bicyclic) bond motifs is 2. The molecule has 384 valence electrons. The molecule has 4 amide bonds. The predicted octanol–water partition coefficient (Wildman–Crippen LogP) is 8.79. The van der Waals surface area contributed by atoms with Gasteiger partial charge in [-0.1, -0.05) is 44.0 Å². The topological polar surface area (TPSA) is 223 Å². The van der Waals surface area contributed by atoms with E-state index in [1.807, 2.05) is 29.7 Å². The Hall–Kier alpha value is -9.31. The number of rotatable bonds is 13. The monoisotopic (exact) mass is 1020 g/mol. The second-order valence-electron chi connectivity index (χ2n) is 18.7. The maximum Gasteiger partial charge on any atom is 0.299 e. The smallest absolute Gasteiger partial charge is 0.299 e. The summed E-state index contributed by atoms with van der Waals surface area (Å²) in [6.07, 6.45) is 17.6. The van der Waals surface area contributed by atoms with E-state index >= 15 is 4.39 Å². The Kier molecular flexibility index (Phi) is 14.6. The summed E-state index contributed by atoms with van der Waals surface area (Å²) >= 11 is 0. The van der Waals surface area contributed by atoms with Gasteiger partial charge >= 0.3 is 0 Å². The second-order valence-corrected chi connectivity index (χ2v) is 18.7. The summed E-state index contributed by atoms with van der Waals surface area (Å²) < 4.78 is 19.6. The van der Waals surface area contributed by atoms with Crippen LogP contribution in [0.25, 0.3) is 33.5 Å². The summed E-state index contributed by atoms with van der Waals surface area (Å²) in [5.41, 5.74) is 11.7. The third kappa shape index (κ3) is 10.2. The maximum atomic E-state index is 15.9. The molecule has 0 radical (unpaired) electrons. The molecule has 2 aromatic carbocycles. The number of hydrogen-bond acceptors (Lipinski definition) is 12. The van der Waals surface area contributed by atoms with Gasteiger partial charge in [0.25, 0.3) is 17.7 Å². The Morgan fingerprint density at radius 3 is 2.24 bits per heavy atom. The second kappa shape index (κ2) is 22.0. The van der Waals surface area contributed by atoms with Crippen LogP contribution in [0.5, 0.6) is 0 Å². The van der Waals surface area contributed by atoms with Crippen LogP contribution in [0.15, 0.2) is 117 Å². The fraction of sp³-hybridized carbons (Fsp3) is 0.263. The summed E-state index contributed by atoms with van der Waals surface area (Å²) in [5, 5.41) is 8.89. The van der Waals surface area contributed by atoms with Crippen molar-refractivity contribution in [1.29, 1.82) is 0 Å². The third-order valence-electron chi connectivity index (χ3n) is 13.8. The number of anilines is 4. The van der Waals surface area contributed by atoms with Crippen molar-refractivity contribution in [2.45, 2.75) is 77.3 Å². The van der Waals surface area contributed by atoms with Crippen molar-refractivity contribution >= 4 is 57.9 Å². The van der Waals surface area contributed by atoms with Gasteiger partial charge in [0, 0.05) is 67.0 Å². The molecule has 2 atom stereocenters. The van der Waals surface area contributed by atoms with Crippen molar-refractivity contribution in [2.24, 2.45) is 0 Å². The number of carbonyl (C=O) groups excluding carboxylic acids is 4. The van der Waals surface area contributed by atoms with Crippen LogP contribution in [-0.2, 0) is 16.0 Å². The lowest BCUT2D eigenvalue weighted by molar-refractivity contribution is -0.130. The average Bonchev–Trinajstić information content (AvgIpc) is 4.11. The van der Waals surface area contributed by atoms with Gasteiger partial charge in [0.05, 0.1) is 24.2 Å². The number of amides is 4. The molecular formula is C57H55FN14O4. The Balaban J connectivity index is 0.918. The van der Waals surface area contributed by atoms with E-state index in [1.54, 1.807) is 87.6 Å². The van der Waals surface area contributed by atoms with E-state index in [2.05, 4.69) is 56.2 Å². The van der Waals surface area contributed by atoms with Crippen LogP contribution in [0.4, 0.5) is 27.7 Å². The number of likely N-dealkylation sites (tertiary alicyclic amines) is 2. The van der Waals surface area contributed by atoms with Gasteiger partial charge < -0.3 is 31.5 Å². The van der Waals surface area contributed by atoms with E-state index < -0.39 is 23.7 Å². The molecule has 0 spiro atoms. The molecule has 2 fully saturated rings. The van der Waals surface area contributed by atoms with Crippen LogP contribution < -0.4 is 21.7 Å². The Labute approximate surface area is 437 Å². The zero-order chi connectivity index (χ0) is 52.9. The summed E-state index contributed by atoms with van der Waals surface area (Å²) in [6, 6.07) is 17.7. The van der Waals surface area contributed by atoms with Crippen LogP contribution in [0.1, 0.15) is 107 Å². The minimum atomic E-state index is -0.761. The SMILES string of the molecule is C=CC(=O)N1CCCC[C@H]1c1nc(-c2ccc(C(=O)Nc3ccccn3)cc2C)c2c(NCC#CC(=O)N3CCCC[C@H]3c3nc(-c4ccc(C(=O)Nc5cc(CCC)ccn5)c(F)c4)c4c(N)nccn34)nccn12. The molecule has 0 saturated carbocycles. The molecule has 0 unspecified atom stereocenters. The maximum absolute atomic E-state index is 15.9. The highest BCUT2D eigenvalue weighted by atomic mass is 19.1. The summed E-state index contributed by atoms with van der Waals surface area (Å²) in [7, 11) is 0. The molecule has 8 heterocycles. The summed E-state index contributed by atoms with van der Waals surface area (Å²) in [5.74, 6) is 6.10. The Bertz CT molecular complexity index is 3620. The van der Waals surface area contributed by atoms with Crippen molar-refractivity contribution in [1.82, 2.24) is 48.5 Å². The summed E-state index contributed by atoms with van der Waals surface area (Å²) in [6.45, 7) is 8.74. The highest BCUT2D eigenvalue weighted by Gasteiger charge is 2.34. The molecule has 18 nitrogen and oxygen atoms in total. The first-order valence-electron chi connectivity index (χ1n) is 25.4. The largest absolute Gasteiger partial charge is 0.382 e. The number of halogens is 1. The number of nitrogen functional groups attached to an aromatic ring is 1. The number of pyridine rings is 2. The number of carbonyl (C=O) groups is 4. The number of benzene rings is 2. The number of aromatic nitrogens is 8. The number of nitrogens with one attached hydrogen (secondary N) is 3. The van der Waals surface area contributed by atoms with E-state index in [0.29, 0.717) is 88.6 Å². The fourth-order valence-corrected chi connectivity index (χ4v) is 10.2. The van der Waals surface area contributed by atoms with Crippen LogP contribution >= 0.6 is 0 Å². The standard InChI is InChI=1S/C57H55FN14O4/c1-4-13-36-22-25-61-45(33-36)66-57(76)40-21-18-37(34-41(40)58)48-50-52(59)62-26-30-71(50)54(67-48)43-15-8-11-29-70(43)47(74)17-12-24-63-53-51-49(39-20-19-38(32-35(39)3)56(75)65-44-16-6-9-23-60-44)68-55(72(51)31-27-64-53)42-14-7-10-28-69(42)46(73)5-2/h5-6,9,16,18-23,25-27,30-34,42-43H,2,4,7-8,10-11,13-15,24,28-29H2,1,3H3,(H2,59,62)(H,63,64)(H,60,65,75)(H,61,66,76)/t42-,43-/m0/s1. The molecule has 8 aromatic rings. The minimum absolute atomic E-state index is 0.0347. The van der Waals surface area contributed by atoms with E-state index in [0.717, 1.165) is 55.2 Å². The van der Waals surface area contributed by atoms with Gasteiger partial charge in [0.15, 0.2) is 5.82 Å². The third-order valence-corrected chi connectivity index (χ3v) is 13.8. The minimum Gasteiger partial charge on any atom is -0.382 e. The quantitative estimate of drug-likeness (QED) is 0.0629. The zero-order valence-corrected chi connectivity index (χ0v) is 42.1. The Morgan fingerprint density at radius 1 is 0.776 bits per heavy atom. The van der Waals surface area contributed by atoms with Gasteiger partial charge in [-0.25, -0.2) is 34.3 Å². The number of nitrogens with zero attached hydrogens (tertiary/aromatic N) is 10. The van der Waals surface area contributed by atoms with Crippen LogP contribution in [0, 0.1) is 24.6 Å². The number of aryl methyl sites for hydroxylation is 2. The van der Waals surface area contributed by atoms with Crippen molar-refractivity contribution in [3.8, 4) is 34.4 Å². The molecule has 2 aliphatic rings. The molecule has 2 aliphatic heterocycles. The average molecular weight is 1020 g/mol. The van der Waals surface area contributed by atoms with E-state index in [-0.39, 0.29) is 35.8 Å². The zero-order valence-electron chi connectivity index (χ0n) is 42.1. The van der Waals surface area contributed by atoms with Gasteiger partial charge in [0.2, 0.25) is 5.91 Å². The normalized spacial score (nSPS) is 15.5. The molecular weight excluding hydrogens is 964 g/mol. The van der Waals surface area contributed by atoms with Crippen molar-refractivity contribution in [2.75, 3.05) is 41.3 Å². The van der Waals surface area contributed by atoms with E-state index in [4.69, 9.17) is 20.7 Å². The molecule has 6 aromatic heterocycles. The highest BCUT2D eigenvalue weighted by Crippen LogP contribution is 2.39. The molecule has 2 saturated heterocycles. The van der Waals surface area contributed by atoms with Gasteiger partial charge in [-0.2, -0.15) is 0 Å². The van der Waals surface area contributed by atoms with Gasteiger partial charge in [0.1, 0.15) is 57.3 Å². The first-order chi connectivity index (χ1) is 37.0. The van der Waals surface area contributed by atoms with Crippen LogP contribution in [-0.4, -0.2) is 91.8 Å². The number of piperidine rings is 2. The van der Waals surface area contributed by atoms with Crippen molar-refractivity contribution in [3.05, 3.63) is 156 Å². The number of imidazole rings is 2. The first kappa shape index (κ1) is 50.2. The molecule has 0 bridgehead atoms. The molecule has 76 heavy (non-hydrogen) atoms. The molecule has 5 N–H and O–H groups in total. The number of nitrogens with two attached hydrogens (primary N) is 1. The Morgan fingerprint density at radius 2 is 1.50 bits per heavy atom. The van der Waals surface area contributed by atoms with Gasteiger partial charge in [-0.15, -0.1) is 0 Å². The molecule has 0 aliphatic carbocycles. The van der Waals surface area contributed by atoms with Gasteiger partial charge in [-0.05, 0) is 124 Å². The summed E-state index contributed by atoms with van der Waals surface area (Å²) in [4.78, 5) is 85.3. The molecule has 19 heteroatoms. The van der Waals surface area contributed by atoms with E-state index in [9.17, 15) is 19.2 Å². The lowest BCUT2D eigenvalue weighted by Crippen LogP contribution is -2.38. The highest BCUT2D eigenvalue weighted by molar-refractivity contribution is 6.05. The fourth-order valence-electron chi connectivity index (χ4n) is 10.2. The predicted molar refractivity (Wildman–Crippen MR) is 287 cm³/mol. The molecule has 10 rings (SSSR count). The first-order valence-corrected chi connectivity index (χ1v) is 25.4. The van der Waals surface area contributed by atoms with Crippen LogP contribution in [0.2, 0.25) is 0 Å². The lowest BCUT2D eigenvalue weighted by Gasteiger charge is -2.34. The number of hydrogen-bond donors (Lipinski definition) is 4. The van der Waals surface area contributed by atoms with Crippen LogP contribution in [0.3, 0.4) is 0 Å².